The third-order valence-corrected chi connectivity index (χ3v) is 5.96. The van der Waals surface area contributed by atoms with Gasteiger partial charge in [-0.2, -0.15) is 0 Å². The Morgan fingerprint density at radius 2 is 1.34 bits per heavy atom. The van der Waals surface area contributed by atoms with Crippen LogP contribution in [0.2, 0.25) is 0 Å². The van der Waals surface area contributed by atoms with Gasteiger partial charge in [0, 0.05) is 30.7 Å². The summed E-state index contributed by atoms with van der Waals surface area (Å²) in [5.74, 6) is 0.578. The maximum Gasteiger partial charge on any atom is 0.169 e. The molecule has 0 amide bonds. The molecule has 0 saturated carbocycles. The lowest BCUT2D eigenvalue weighted by atomic mass is 9.79. The van der Waals surface area contributed by atoms with E-state index in [-0.39, 0.29) is 10.8 Å². The van der Waals surface area contributed by atoms with Crippen LogP contribution in [-0.2, 0) is 13.6 Å². The van der Waals surface area contributed by atoms with E-state index >= 15 is 0 Å². The van der Waals surface area contributed by atoms with Crippen molar-refractivity contribution in [1.82, 2.24) is 0 Å². The molecule has 1 aliphatic carbocycles. The van der Waals surface area contributed by atoms with Gasteiger partial charge in [0.1, 0.15) is 13.6 Å². The van der Waals surface area contributed by atoms with Crippen LogP contribution in [0.5, 0.6) is 0 Å². The molecule has 0 fully saturated rings. The molecule has 0 spiro atoms. The summed E-state index contributed by atoms with van der Waals surface area (Å²) in [5.41, 5.74) is 6.09. The van der Waals surface area contributed by atoms with Gasteiger partial charge in [-0.25, -0.2) is 9.13 Å². The van der Waals surface area contributed by atoms with Crippen molar-refractivity contribution in [1.29, 1.82) is 0 Å². The molecule has 0 N–H and O–H groups in total. The minimum atomic E-state index is 0.227. The third kappa shape index (κ3) is 5.44. The van der Waals surface area contributed by atoms with E-state index in [9.17, 15) is 0 Å². The second-order valence-electron chi connectivity index (χ2n) is 10.5. The van der Waals surface area contributed by atoms with E-state index in [1.54, 1.807) is 5.57 Å². The standard InChI is InChI=1S/C27H38N2/c1-26(2,3)24-19-23(25(20-24)27(4,5)6)9-8-14-29-17-12-22(13-18-29)21-10-15-28(7)16-11-21/h10-13,15-20,23H,8-9,14H2,1-7H3/q+2. The van der Waals surface area contributed by atoms with E-state index in [0.29, 0.717) is 5.92 Å². The molecule has 3 rings (SSSR count). The molecule has 0 aromatic carbocycles. The van der Waals surface area contributed by atoms with Crippen molar-refractivity contribution < 1.29 is 9.13 Å². The van der Waals surface area contributed by atoms with Crippen molar-refractivity contribution in [3.05, 3.63) is 72.4 Å². The summed E-state index contributed by atoms with van der Waals surface area (Å²) in [5, 5.41) is 0. The summed E-state index contributed by atoms with van der Waals surface area (Å²) in [6.45, 7) is 15.1. The summed E-state index contributed by atoms with van der Waals surface area (Å²) >= 11 is 0. The molecule has 29 heavy (non-hydrogen) atoms. The highest BCUT2D eigenvalue weighted by atomic mass is 14.9. The van der Waals surface area contributed by atoms with Crippen LogP contribution in [0.3, 0.4) is 0 Å². The first-order chi connectivity index (χ1) is 13.5. The molecule has 2 aromatic rings. The SMILES string of the molecule is C[n+]1ccc(-c2cc[n+](CCCC3C=C(C(C)(C)C)C=C3C(C)(C)C)cc2)cc1. The highest BCUT2D eigenvalue weighted by molar-refractivity contribution is 5.60. The average molecular weight is 391 g/mol. The number of aromatic nitrogens is 2. The average Bonchev–Trinajstić information content (AvgIpc) is 3.08. The molecule has 2 heterocycles. The summed E-state index contributed by atoms with van der Waals surface area (Å²) in [7, 11) is 2.05. The molecule has 0 aliphatic heterocycles. The summed E-state index contributed by atoms with van der Waals surface area (Å²) < 4.78 is 4.38. The maximum absolute atomic E-state index is 2.53. The molecular weight excluding hydrogens is 352 g/mol. The fourth-order valence-electron chi connectivity index (χ4n) is 4.09. The van der Waals surface area contributed by atoms with Crippen LogP contribution in [-0.4, -0.2) is 0 Å². The number of hydrogen-bond donors (Lipinski definition) is 0. The van der Waals surface area contributed by atoms with E-state index in [4.69, 9.17) is 0 Å². The van der Waals surface area contributed by atoms with Crippen LogP contribution in [0.1, 0.15) is 54.4 Å². The number of allylic oxidation sites excluding steroid dienone is 4. The van der Waals surface area contributed by atoms with Gasteiger partial charge in [0.05, 0.1) is 0 Å². The Morgan fingerprint density at radius 1 is 0.793 bits per heavy atom. The topological polar surface area (TPSA) is 7.76 Å². The summed E-state index contributed by atoms with van der Waals surface area (Å²) in [6, 6.07) is 8.78. The van der Waals surface area contributed by atoms with E-state index < -0.39 is 0 Å². The fraction of sp³-hybridized carbons (Fsp3) is 0.481. The van der Waals surface area contributed by atoms with Crippen LogP contribution < -0.4 is 9.13 Å². The van der Waals surface area contributed by atoms with Gasteiger partial charge in [-0.05, 0) is 39.9 Å². The van der Waals surface area contributed by atoms with Gasteiger partial charge in [0.15, 0.2) is 24.8 Å². The molecule has 2 heteroatoms. The van der Waals surface area contributed by atoms with Crippen molar-refractivity contribution in [2.75, 3.05) is 0 Å². The summed E-state index contributed by atoms with van der Waals surface area (Å²) in [4.78, 5) is 0. The zero-order valence-electron chi connectivity index (χ0n) is 19.4. The fourth-order valence-corrected chi connectivity index (χ4v) is 4.09. The molecular formula is C27H38N2+2. The Hall–Kier alpha value is -2.22. The van der Waals surface area contributed by atoms with Gasteiger partial charge in [0.25, 0.3) is 0 Å². The lowest BCUT2D eigenvalue weighted by Crippen LogP contribution is -2.32. The number of hydrogen-bond acceptors (Lipinski definition) is 0. The Bertz CT molecular complexity index is 886. The Kier molecular flexibility index (Phi) is 6.12. The van der Waals surface area contributed by atoms with Crippen LogP contribution in [0.25, 0.3) is 11.1 Å². The van der Waals surface area contributed by atoms with Gasteiger partial charge in [-0.1, -0.05) is 59.3 Å². The van der Waals surface area contributed by atoms with Crippen molar-refractivity contribution >= 4 is 0 Å². The minimum absolute atomic E-state index is 0.227. The van der Waals surface area contributed by atoms with Crippen molar-refractivity contribution in [3.8, 4) is 11.1 Å². The van der Waals surface area contributed by atoms with Crippen molar-refractivity contribution in [2.45, 2.75) is 60.9 Å². The first-order valence-corrected chi connectivity index (χ1v) is 10.9. The molecule has 154 valence electrons. The monoisotopic (exact) mass is 390 g/mol. The molecule has 0 saturated heterocycles. The smallest absolute Gasteiger partial charge is 0.169 e. The third-order valence-electron chi connectivity index (χ3n) is 5.96. The highest BCUT2D eigenvalue weighted by Gasteiger charge is 2.31. The number of pyridine rings is 2. The lowest BCUT2D eigenvalue weighted by Gasteiger charge is -2.26. The molecule has 2 nitrogen and oxygen atoms in total. The van der Waals surface area contributed by atoms with Gasteiger partial charge >= 0.3 is 0 Å². The van der Waals surface area contributed by atoms with Gasteiger partial charge < -0.3 is 0 Å². The molecule has 0 radical (unpaired) electrons. The minimum Gasteiger partial charge on any atom is -0.208 e. The summed E-state index contributed by atoms with van der Waals surface area (Å²) in [6.07, 6.45) is 16.0. The van der Waals surface area contributed by atoms with E-state index in [2.05, 4.69) is 112 Å². The molecule has 1 aliphatic rings. The first kappa shape index (κ1) is 21.5. The van der Waals surface area contributed by atoms with Gasteiger partial charge in [-0.15, -0.1) is 0 Å². The second kappa shape index (κ2) is 8.26. The first-order valence-electron chi connectivity index (χ1n) is 10.9. The number of rotatable bonds is 5. The molecule has 2 aromatic heterocycles. The largest absolute Gasteiger partial charge is 0.208 e. The second-order valence-corrected chi connectivity index (χ2v) is 10.5. The van der Waals surface area contributed by atoms with Crippen LogP contribution in [0, 0.1) is 16.7 Å². The van der Waals surface area contributed by atoms with Crippen LogP contribution >= 0.6 is 0 Å². The van der Waals surface area contributed by atoms with Crippen molar-refractivity contribution in [3.63, 3.8) is 0 Å². The van der Waals surface area contributed by atoms with E-state index in [0.717, 1.165) is 6.54 Å². The van der Waals surface area contributed by atoms with Crippen LogP contribution in [0.4, 0.5) is 0 Å². The van der Waals surface area contributed by atoms with Gasteiger partial charge in [-0.3, -0.25) is 0 Å². The zero-order chi connectivity index (χ0) is 21.2. The van der Waals surface area contributed by atoms with E-state index in [1.165, 1.54) is 29.5 Å². The Morgan fingerprint density at radius 3 is 1.86 bits per heavy atom. The highest BCUT2D eigenvalue weighted by Crippen LogP contribution is 2.44. The number of aryl methyl sites for hydroxylation is 2. The normalized spacial score (nSPS) is 17.3. The number of nitrogens with zero attached hydrogens (tertiary/aromatic N) is 2. The van der Waals surface area contributed by atoms with Crippen molar-refractivity contribution in [2.24, 2.45) is 23.8 Å². The maximum atomic E-state index is 2.53. The van der Waals surface area contributed by atoms with Gasteiger partial charge in [0.2, 0.25) is 0 Å². The van der Waals surface area contributed by atoms with Crippen LogP contribution in [0.15, 0.2) is 72.4 Å². The zero-order valence-corrected chi connectivity index (χ0v) is 19.4. The Labute approximate surface area is 177 Å². The quantitative estimate of drug-likeness (QED) is 0.568. The Balaban J connectivity index is 1.62. The molecule has 1 unspecified atom stereocenters. The molecule has 1 atom stereocenters. The molecule has 0 bridgehead atoms. The predicted molar refractivity (Wildman–Crippen MR) is 121 cm³/mol. The lowest BCUT2D eigenvalue weighted by molar-refractivity contribution is -0.697. The van der Waals surface area contributed by atoms with E-state index in [1.807, 2.05) is 7.05 Å². The predicted octanol–water partition coefficient (Wildman–Crippen LogP) is 5.82.